The standard InChI is InChI=1S/C30H31F6NO5/c1-12-7-13(2)20(14(3)8-12)22-24(38)23-21(26(22)41-27(39)42-28(4,5)6)17-11-16(25(23)40-17)15-9-18(29(31,32)33)37-19(10-15)30(34,35)36/h7-10,16-17,21-23,25-26H,11H2,1-6H3/t16-,17-,21-,22?,23+,25+,26?/m0/s1. The van der Waals surface area contributed by atoms with Crippen molar-refractivity contribution in [3.8, 4) is 0 Å². The van der Waals surface area contributed by atoms with Crippen LogP contribution in [0.2, 0.25) is 0 Å². The second-order valence-corrected chi connectivity index (χ2v) is 12.5. The smallest absolute Gasteiger partial charge is 0.429 e. The van der Waals surface area contributed by atoms with E-state index >= 15 is 0 Å². The van der Waals surface area contributed by atoms with Crippen molar-refractivity contribution < 1.29 is 50.1 Å². The maximum absolute atomic E-state index is 14.2. The average molecular weight is 600 g/mol. The van der Waals surface area contributed by atoms with E-state index in [0.717, 1.165) is 16.7 Å². The Hall–Kier alpha value is -3.15. The molecule has 3 aliphatic rings. The SMILES string of the molecule is Cc1cc(C)c(C2C(=O)[C@@H]3[C@@H]4O[C@@H](C[C@H]4c4cc(C(F)(F)F)nc(C(F)(F)F)c4)[C@@H]3C2OC(=O)OC(C)(C)C)c(C)c1. The molecule has 0 N–H and O–H groups in total. The number of rotatable bonds is 3. The van der Waals surface area contributed by atoms with E-state index < -0.39 is 77.5 Å². The predicted molar refractivity (Wildman–Crippen MR) is 137 cm³/mol. The van der Waals surface area contributed by atoms with Gasteiger partial charge in [-0.1, -0.05) is 17.7 Å². The van der Waals surface area contributed by atoms with Gasteiger partial charge in [0.1, 0.15) is 28.9 Å². The lowest BCUT2D eigenvalue weighted by Gasteiger charge is -2.31. The number of carbonyl (C=O) groups excluding carboxylic acids is 2. The molecule has 12 heteroatoms. The van der Waals surface area contributed by atoms with Crippen LogP contribution < -0.4 is 0 Å². The molecule has 6 nitrogen and oxygen atoms in total. The molecule has 42 heavy (non-hydrogen) atoms. The van der Waals surface area contributed by atoms with Gasteiger partial charge in [-0.05, 0) is 82.3 Å². The van der Waals surface area contributed by atoms with Gasteiger partial charge in [0.05, 0.1) is 24.0 Å². The molecule has 2 saturated heterocycles. The molecule has 0 radical (unpaired) electrons. The number of carbonyl (C=O) groups is 2. The molecule has 1 aromatic carbocycles. The van der Waals surface area contributed by atoms with E-state index in [0.29, 0.717) is 17.7 Å². The van der Waals surface area contributed by atoms with Gasteiger partial charge < -0.3 is 14.2 Å². The summed E-state index contributed by atoms with van der Waals surface area (Å²) in [6, 6.07) is 4.99. The zero-order valence-corrected chi connectivity index (χ0v) is 23.8. The van der Waals surface area contributed by atoms with E-state index in [1.807, 2.05) is 32.9 Å². The molecule has 3 heterocycles. The number of benzene rings is 1. The lowest BCUT2D eigenvalue weighted by Crippen LogP contribution is -2.38. The van der Waals surface area contributed by atoms with Gasteiger partial charge in [-0.25, -0.2) is 9.78 Å². The minimum atomic E-state index is -5.11. The number of ether oxygens (including phenoxy) is 3. The van der Waals surface area contributed by atoms with Crippen LogP contribution in [-0.4, -0.2) is 40.8 Å². The Kier molecular flexibility index (Phi) is 7.19. The largest absolute Gasteiger partial charge is 0.509 e. The van der Waals surface area contributed by atoms with Gasteiger partial charge in [-0.15, -0.1) is 0 Å². The predicted octanol–water partition coefficient (Wildman–Crippen LogP) is 7.22. The number of nitrogens with zero attached hydrogens (tertiary/aromatic N) is 1. The van der Waals surface area contributed by atoms with E-state index in [9.17, 15) is 35.9 Å². The van der Waals surface area contributed by atoms with Crippen LogP contribution in [0.3, 0.4) is 0 Å². The third kappa shape index (κ3) is 5.38. The number of halogens is 6. The van der Waals surface area contributed by atoms with Crippen molar-refractivity contribution in [3.05, 3.63) is 63.5 Å². The van der Waals surface area contributed by atoms with E-state index in [1.54, 1.807) is 20.8 Å². The maximum atomic E-state index is 14.2. The first-order valence-electron chi connectivity index (χ1n) is 13.6. The highest BCUT2D eigenvalue weighted by Gasteiger charge is 2.67. The zero-order chi connectivity index (χ0) is 31.1. The number of aryl methyl sites for hydroxylation is 3. The number of fused-ring (bicyclic) bond motifs is 5. The van der Waals surface area contributed by atoms with Gasteiger partial charge in [0.2, 0.25) is 0 Å². The molecule has 2 aliphatic heterocycles. The van der Waals surface area contributed by atoms with Gasteiger partial charge in [0.25, 0.3) is 0 Å². The summed E-state index contributed by atoms with van der Waals surface area (Å²) >= 11 is 0. The molecule has 0 amide bonds. The molecule has 2 bridgehead atoms. The van der Waals surface area contributed by atoms with Crippen LogP contribution >= 0.6 is 0 Å². The third-order valence-corrected chi connectivity index (χ3v) is 8.28. The van der Waals surface area contributed by atoms with E-state index in [4.69, 9.17) is 14.2 Å². The van der Waals surface area contributed by atoms with Crippen LogP contribution in [0.4, 0.5) is 31.1 Å². The molecule has 3 fully saturated rings. The molecular formula is C30H31F6NO5. The summed E-state index contributed by atoms with van der Waals surface area (Å²) in [4.78, 5) is 29.9. The van der Waals surface area contributed by atoms with Gasteiger partial charge in [-0.3, -0.25) is 4.79 Å². The van der Waals surface area contributed by atoms with Crippen molar-refractivity contribution in [2.24, 2.45) is 11.8 Å². The van der Waals surface area contributed by atoms with Crippen molar-refractivity contribution in [2.45, 2.75) is 96.1 Å². The molecule has 1 aromatic heterocycles. The Labute approximate surface area is 238 Å². The first kappa shape index (κ1) is 30.3. The summed E-state index contributed by atoms with van der Waals surface area (Å²) in [6.45, 7) is 10.6. The minimum absolute atomic E-state index is 0.0461. The Morgan fingerprint density at radius 1 is 0.929 bits per heavy atom. The Bertz CT molecular complexity index is 1370. The fraction of sp³-hybridized carbons (Fsp3) is 0.567. The monoisotopic (exact) mass is 599 g/mol. The van der Waals surface area contributed by atoms with E-state index in [2.05, 4.69) is 4.98 Å². The number of hydrogen-bond donors (Lipinski definition) is 0. The molecule has 1 aliphatic carbocycles. The highest BCUT2D eigenvalue weighted by Crippen LogP contribution is 2.60. The third-order valence-electron chi connectivity index (χ3n) is 8.28. The summed E-state index contributed by atoms with van der Waals surface area (Å²) < 4.78 is 98.5. The average Bonchev–Trinajstić information content (AvgIpc) is 3.48. The second-order valence-electron chi connectivity index (χ2n) is 12.5. The number of alkyl halides is 6. The first-order valence-corrected chi connectivity index (χ1v) is 13.6. The van der Waals surface area contributed by atoms with Crippen LogP contribution in [0.1, 0.15) is 78.2 Å². The van der Waals surface area contributed by atoms with E-state index in [-0.39, 0.29) is 17.8 Å². The molecule has 1 saturated carbocycles. The normalized spacial score (nSPS) is 29.1. The lowest BCUT2D eigenvalue weighted by atomic mass is 9.72. The zero-order valence-electron chi connectivity index (χ0n) is 23.8. The summed E-state index contributed by atoms with van der Waals surface area (Å²) in [5.41, 5.74) is -1.23. The van der Waals surface area contributed by atoms with Crippen LogP contribution in [0.25, 0.3) is 0 Å². The number of aromatic nitrogens is 1. The van der Waals surface area contributed by atoms with Crippen molar-refractivity contribution in [1.82, 2.24) is 4.98 Å². The number of hydrogen-bond acceptors (Lipinski definition) is 6. The summed E-state index contributed by atoms with van der Waals surface area (Å²) in [6.07, 6.45) is -13.9. The molecule has 7 atom stereocenters. The van der Waals surface area contributed by atoms with Crippen molar-refractivity contribution in [1.29, 1.82) is 0 Å². The molecule has 2 aromatic rings. The summed E-state index contributed by atoms with van der Waals surface area (Å²) in [5.74, 6) is -3.73. The topological polar surface area (TPSA) is 74.7 Å². The quantitative estimate of drug-likeness (QED) is 0.274. The Morgan fingerprint density at radius 3 is 1.98 bits per heavy atom. The molecule has 5 rings (SSSR count). The Morgan fingerprint density at radius 2 is 1.48 bits per heavy atom. The van der Waals surface area contributed by atoms with Crippen LogP contribution in [0, 0.1) is 32.6 Å². The van der Waals surface area contributed by atoms with Gasteiger partial charge in [0.15, 0.2) is 0 Å². The number of Topliss-reactive ketones (excluding diaryl/α,β-unsaturated/α-hetero) is 1. The van der Waals surface area contributed by atoms with Crippen LogP contribution in [-0.2, 0) is 31.4 Å². The maximum Gasteiger partial charge on any atom is 0.509 e. The minimum Gasteiger partial charge on any atom is -0.429 e. The second kappa shape index (κ2) is 9.96. The van der Waals surface area contributed by atoms with E-state index in [1.165, 1.54) is 0 Å². The van der Waals surface area contributed by atoms with Gasteiger partial charge in [0, 0.05) is 11.8 Å². The Balaban J connectivity index is 1.56. The fourth-order valence-electron chi connectivity index (χ4n) is 7.03. The first-order chi connectivity index (χ1) is 19.3. The highest BCUT2D eigenvalue weighted by atomic mass is 19.4. The number of ketones is 1. The van der Waals surface area contributed by atoms with Crippen molar-refractivity contribution in [2.75, 3.05) is 0 Å². The number of pyridine rings is 1. The molecule has 2 unspecified atom stereocenters. The van der Waals surface area contributed by atoms with Gasteiger partial charge >= 0.3 is 18.5 Å². The highest BCUT2D eigenvalue weighted by molar-refractivity contribution is 5.93. The summed E-state index contributed by atoms with van der Waals surface area (Å²) in [7, 11) is 0. The van der Waals surface area contributed by atoms with Crippen LogP contribution in [0.15, 0.2) is 24.3 Å². The molecule has 0 spiro atoms. The fourth-order valence-corrected chi connectivity index (χ4v) is 7.03. The van der Waals surface area contributed by atoms with Gasteiger partial charge in [-0.2, -0.15) is 26.3 Å². The van der Waals surface area contributed by atoms with Crippen molar-refractivity contribution >= 4 is 11.9 Å². The lowest BCUT2D eigenvalue weighted by molar-refractivity contribution is -0.150. The molecule has 228 valence electrons. The molecular weight excluding hydrogens is 568 g/mol. The van der Waals surface area contributed by atoms with Crippen molar-refractivity contribution in [3.63, 3.8) is 0 Å². The van der Waals surface area contributed by atoms with Crippen LogP contribution in [0.5, 0.6) is 0 Å². The summed E-state index contributed by atoms with van der Waals surface area (Å²) in [5, 5.41) is 0.